The van der Waals surface area contributed by atoms with E-state index in [2.05, 4.69) is 0 Å². The van der Waals surface area contributed by atoms with E-state index in [1.54, 1.807) is 0 Å². The minimum atomic E-state index is -0.809. The zero-order valence-corrected chi connectivity index (χ0v) is 5.22. The second-order valence-electron chi connectivity index (χ2n) is 3.38. The molecular weight excluding hydrogens is 116 g/mol. The van der Waals surface area contributed by atoms with Crippen LogP contribution >= 0.6 is 0 Å². The van der Waals surface area contributed by atoms with Crippen LogP contribution < -0.4 is 0 Å². The molecule has 0 aromatic heterocycles. The van der Waals surface area contributed by atoms with Crippen molar-refractivity contribution >= 4 is 5.97 Å². The second-order valence-corrected chi connectivity index (χ2v) is 3.38. The zero-order chi connectivity index (χ0) is 6.48. The van der Waals surface area contributed by atoms with Crippen molar-refractivity contribution in [1.82, 2.24) is 0 Å². The van der Waals surface area contributed by atoms with Gasteiger partial charge in [-0.15, -0.1) is 0 Å². The quantitative estimate of drug-likeness (QED) is 0.517. The lowest BCUT2D eigenvalue weighted by molar-refractivity contribution is -0.160. The maximum absolute atomic E-state index is 10.5. The SMILES string of the molecule is [O]C(=O)C12CCC(C1)C2. The van der Waals surface area contributed by atoms with E-state index in [4.69, 9.17) is 0 Å². The molecular formula is C7H9O2. The third-order valence-electron chi connectivity index (χ3n) is 2.82. The lowest BCUT2D eigenvalue weighted by Crippen LogP contribution is -2.35. The molecule has 0 aromatic carbocycles. The first-order valence-corrected chi connectivity index (χ1v) is 3.44. The Labute approximate surface area is 53.9 Å². The van der Waals surface area contributed by atoms with Gasteiger partial charge < -0.3 is 0 Å². The van der Waals surface area contributed by atoms with E-state index >= 15 is 0 Å². The smallest absolute Gasteiger partial charge is 0.247 e. The van der Waals surface area contributed by atoms with Gasteiger partial charge in [0.15, 0.2) is 0 Å². The molecule has 3 aliphatic rings. The first-order valence-electron chi connectivity index (χ1n) is 3.44. The summed E-state index contributed by atoms with van der Waals surface area (Å²) < 4.78 is 0. The van der Waals surface area contributed by atoms with Crippen LogP contribution in [0.5, 0.6) is 0 Å². The van der Waals surface area contributed by atoms with Crippen molar-refractivity contribution in [2.24, 2.45) is 11.3 Å². The molecule has 3 aliphatic carbocycles. The minimum absolute atomic E-state index is 0.356. The Hall–Kier alpha value is -0.530. The summed E-state index contributed by atoms with van der Waals surface area (Å²) in [5.41, 5.74) is -0.356. The van der Waals surface area contributed by atoms with Gasteiger partial charge in [0, 0.05) is 0 Å². The standard InChI is InChI=1S/C7H9O2/c8-6(9)7-2-1-5(3-7)4-7/h5H,1-4H2. The van der Waals surface area contributed by atoms with Crippen LogP contribution in [0, 0.1) is 11.3 Å². The van der Waals surface area contributed by atoms with E-state index in [-0.39, 0.29) is 5.41 Å². The van der Waals surface area contributed by atoms with Crippen LogP contribution in [0.3, 0.4) is 0 Å². The molecule has 0 spiro atoms. The lowest BCUT2D eigenvalue weighted by atomic mass is 9.70. The molecule has 0 amide bonds. The summed E-state index contributed by atoms with van der Waals surface area (Å²) in [7, 11) is 0. The summed E-state index contributed by atoms with van der Waals surface area (Å²) in [4.78, 5) is 10.5. The highest BCUT2D eigenvalue weighted by Gasteiger charge is 2.56. The number of rotatable bonds is 1. The summed E-state index contributed by atoms with van der Waals surface area (Å²) in [5.74, 6) is -0.0841. The van der Waals surface area contributed by atoms with Crippen molar-refractivity contribution in [3.63, 3.8) is 0 Å². The highest BCUT2D eigenvalue weighted by atomic mass is 16.4. The number of hydrogen-bond donors (Lipinski definition) is 0. The highest BCUT2D eigenvalue weighted by molar-refractivity contribution is 5.76. The molecule has 0 aliphatic heterocycles. The van der Waals surface area contributed by atoms with Crippen LogP contribution in [-0.4, -0.2) is 5.97 Å². The number of carbonyl (C=O) groups excluding carboxylic acids is 1. The fourth-order valence-corrected chi connectivity index (χ4v) is 2.20. The Balaban J connectivity index is 2.19. The van der Waals surface area contributed by atoms with Gasteiger partial charge in [-0.2, -0.15) is 0 Å². The molecule has 2 bridgehead atoms. The molecule has 0 heterocycles. The maximum Gasteiger partial charge on any atom is 0.361 e. The van der Waals surface area contributed by atoms with E-state index in [1.165, 1.54) is 0 Å². The molecule has 3 fully saturated rings. The van der Waals surface area contributed by atoms with Gasteiger partial charge in [-0.05, 0) is 31.6 Å². The van der Waals surface area contributed by atoms with Crippen molar-refractivity contribution in [1.29, 1.82) is 0 Å². The number of hydrogen-bond acceptors (Lipinski definition) is 1. The van der Waals surface area contributed by atoms with E-state index in [9.17, 15) is 9.90 Å². The van der Waals surface area contributed by atoms with E-state index in [0.717, 1.165) is 31.6 Å². The molecule has 0 N–H and O–H groups in total. The summed E-state index contributed by atoms with van der Waals surface area (Å²) in [6.07, 6.45) is 3.79. The van der Waals surface area contributed by atoms with Crippen LogP contribution in [0.1, 0.15) is 25.7 Å². The monoisotopic (exact) mass is 125 g/mol. The Morgan fingerprint density at radius 1 is 1.44 bits per heavy atom. The summed E-state index contributed by atoms with van der Waals surface area (Å²) >= 11 is 0. The third kappa shape index (κ3) is 0.485. The summed E-state index contributed by atoms with van der Waals surface area (Å²) in [6, 6.07) is 0. The first kappa shape index (κ1) is 5.27. The van der Waals surface area contributed by atoms with Gasteiger partial charge in [0.05, 0.1) is 5.41 Å². The van der Waals surface area contributed by atoms with Crippen molar-refractivity contribution in [3.05, 3.63) is 0 Å². The van der Waals surface area contributed by atoms with Gasteiger partial charge in [-0.1, -0.05) is 0 Å². The normalized spacial score (nSPS) is 46.4. The molecule has 3 saturated carbocycles. The molecule has 3 rings (SSSR count). The van der Waals surface area contributed by atoms with E-state index in [1.807, 2.05) is 0 Å². The van der Waals surface area contributed by atoms with Gasteiger partial charge in [-0.3, -0.25) is 0 Å². The van der Waals surface area contributed by atoms with Crippen molar-refractivity contribution < 1.29 is 9.90 Å². The van der Waals surface area contributed by atoms with Crippen molar-refractivity contribution in [3.8, 4) is 0 Å². The minimum Gasteiger partial charge on any atom is -0.247 e. The highest BCUT2D eigenvalue weighted by Crippen LogP contribution is 2.58. The van der Waals surface area contributed by atoms with Gasteiger partial charge in [0.2, 0.25) is 0 Å². The van der Waals surface area contributed by atoms with Crippen molar-refractivity contribution in [2.45, 2.75) is 25.7 Å². The predicted molar refractivity (Wildman–Crippen MR) is 30.1 cm³/mol. The predicted octanol–water partition coefficient (Wildman–Crippen LogP) is 1.13. The Morgan fingerprint density at radius 3 is 2.33 bits per heavy atom. The van der Waals surface area contributed by atoms with Crippen molar-refractivity contribution in [2.75, 3.05) is 0 Å². The molecule has 0 aromatic rings. The Kier molecular flexibility index (Phi) is 0.765. The molecule has 49 valence electrons. The average Bonchev–Trinajstić information content (AvgIpc) is 2.13. The van der Waals surface area contributed by atoms with Crippen LogP contribution in [0.15, 0.2) is 0 Å². The summed E-state index contributed by atoms with van der Waals surface area (Å²) in [6.45, 7) is 0. The molecule has 2 nitrogen and oxygen atoms in total. The first-order chi connectivity index (χ1) is 4.23. The average molecular weight is 125 g/mol. The van der Waals surface area contributed by atoms with Gasteiger partial charge >= 0.3 is 5.97 Å². The largest absolute Gasteiger partial charge is 0.361 e. The zero-order valence-electron chi connectivity index (χ0n) is 5.22. The van der Waals surface area contributed by atoms with Gasteiger partial charge in [0.1, 0.15) is 0 Å². The maximum atomic E-state index is 10.5. The second kappa shape index (κ2) is 1.31. The van der Waals surface area contributed by atoms with Crippen LogP contribution in [0.4, 0.5) is 0 Å². The third-order valence-corrected chi connectivity index (χ3v) is 2.82. The van der Waals surface area contributed by atoms with Crippen LogP contribution in [0.25, 0.3) is 0 Å². The van der Waals surface area contributed by atoms with Gasteiger partial charge in [0.25, 0.3) is 0 Å². The molecule has 9 heavy (non-hydrogen) atoms. The molecule has 2 heteroatoms. The van der Waals surface area contributed by atoms with Crippen LogP contribution in [-0.2, 0) is 9.90 Å². The fourth-order valence-electron chi connectivity index (χ4n) is 2.20. The van der Waals surface area contributed by atoms with E-state index < -0.39 is 5.97 Å². The van der Waals surface area contributed by atoms with E-state index in [0.29, 0.717) is 0 Å². The molecule has 0 saturated heterocycles. The Bertz CT molecular complexity index is 151. The Morgan fingerprint density at radius 2 is 2.11 bits per heavy atom. The van der Waals surface area contributed by atoms with Gasteiger partial charge in [-0.25, -0.2) is 9.90 Å². The molecule has 0 atom stereocenters. The summed E-state index contributed by atoms with van der Waals surface area (Å²) in [5, 5.41) is 10.5. The lowest BCUT2D eigenvalue weighted by Gasteiger charge is -2.32. The molecule has 1 radical (unpaired) electrons. The number of carbonyl (C=O) groups is 1. The number of fused-ring (bicyclic) bond motifs is 1. The fraction of sp³-hybridized carbons (Fsp3) is 0.857. The topological polar surface area (TPSA) is 37.0 Å². The molecule has 0 unspecified atom stereocenters. The van der Waals surface area contributed by atoms with Crippen LogP contribution in [0.2, 0.25) is 0 Å².